The maximum absolute atomic E-state index is 5.13. The number of nitrogens with one attached hydrogen (secondary N) is 1. The molecule has 222 valence electrons. The van der Waals surface area contributed by atoms with Gasteiger partial charge in [0.2, 0.25) is 0 Å². The summed E-state index contributed by atoms with van der Waals surface area (Å²) in [5.74, 6) is 1.98. The van der Waals surface area contributed by atoms with E-state index in [1.54, 1.807) is 0 Å². The Hall–Kier alpha value is -5.61. The fourth-order valence-electron chi connectivity index (χ4n) is 6.36. The van der Waals surface area contributed by atoms with Crippen LogP contribution in [0.4, 0.5) is 5.69 Å². The Kier molecular flexibility index (Phi) is 6.85. The molecule has 0 aliphatic carbocycles. The van der Waals surface area contributed by atoms with Crippen LogP contribution in [0.3, 0.4) is 0 Å². The summed E-state index contributed by atoms with van der Waals surface area (Å²) in [6, 6.07) is 55.5. The zero-order valence-corrected chi connectivity index (χ0v) is 27.1. The summed E-state index contributed by atoms with van der Waals surface area (Å²) in [4.78, 5) is 15.5. The van der Waals surface area contributed by atoms with Crippen molar-refractivity contribution in [3.05, 3.63) is 163 Å². The van der Waals surface area contributed by atoms with E-state index in [4.69, 9.17) is 15.0 Å². The van der Waals surface area contributed by atoms with Crippen molar-refractivity contribution in [2.75, 3.05) is 5.32 Å². The van der Waals surface area contributed by atoms with Crippen molar-refractivity contribution >= 4 is 46.7 Å². The summed E-state index contributed by atoms with van der Waals surface area (Å²) in [6.07, 6.45) is 0. The van der Waals surface area contributed by atoms with Crippen molar-refractivity contribution in [2.45, 2.75) is 4.94 Å². The molecule has 5 heteroatoms. The van der Waals surface area contributed by atoms with Crippen molar-refractivity contribution in [3.63, 3.8) is 0 Å². The van der Waals surface area contributed by atoms with Gasteiger partial charge in [0, 0.05) is 0 Å². The van der Waals surface area contributed by atoms with Crippen molar-refractivity contribution < 1.29 is 0 Å². The Morgan fingerprint density at radius 1 is 0.447 bits per heavy atom. The van der Waals surface area contributed by atoms with E-state index in [2.05, 4.69) is 127 Å². The second kappa shape index (κ2) is 11.6. The minimum absolute atomic E-state index is 0.240. The predicted octanol–water partition coefficient (Wildman–Crippen LogP) is 9.30. The Bertz CT molecular complexity index is 2350. The number of aromatic nitrogens is 3. The van der Waals surface area contributed by atoms with Gasteiger partial charge in [-0.2, -0.15) is 0 Å². The first-order valence-electron chi connectivity index (χ1n) is 15.7. The Morgan fingerprint density at radius 3 is 1.66 bits per heavy atom. The number of fused-ring (bicyclic) bond motifs is 4. The summed E-state index contributed by atoms with van der Waals surface area (Å²) in [5.41, 5.74) is 7.72. The average Bonchev–Trinajstić information content (AvgIpc) is 3.60. The second-order valence-electron chi connectivity index (χ2n) is 11.7. The number of benzene rings is 7. The van der Waals surface area contributed by atoms with Crippen LogP contribution in [0, 0.1) is 0 Å². The first-order chi connectivity index (χ1) is 23.3. The fourth-order valence-corrected chi connectivity index (χ4v) is 9.03. The first-order valence-corrected chi connectivity index (χ1v) is 17.6. The van der Waals surface area contributed by atoms with Gasteiger partial charge in [-0.25, -0.2) is 0 Å². The molecule has 9 rings (SSSR count). The zero-order valence-electron chi connectivity index (χ0n) is 25.3. The molecule has 0 amide bonds. The van der Waals surface area contributed by atoms with E-state index < -0.39 is 0 Å². The predicted molar refractivity (Wildman–Crippen MR) is 195 cm³/mol. The molecule has 1 aliphatic rings. The van der Waals surface area contributed by atoms with Crippen LogP contribution in [-0.2, 0) is 0 Å². The van der Waals surface area contributed by atoms with Crippen LogP contribution >= 0.6 is 0 Å². The summed E-state index contributed by atoms with van der Waals surface area (Å²) < 4.78 is 1.42. The molecule has 0 spiro atoms. The van der Waals surface area contributed by atoms with Crippen LogP contribution in [0.5, 0.6) is 0 Å². The number of nitrogens with zero attached hydrogens (tertiary/aromatic N) is 3. The molecule has 1 unspecified atom stereocenters. The van der Waals surface area contributed by atoms with Gasteiger partial charge >= 0.3 is 268 Å². The molecular weight excluding hydrogens is 639 g/mol. The molecule has 2 heterocycles. The van der Waals surface area contributed by atoms with Gasteiger partial charge in [-0.05, 0) is 0 Å². The van der Waals surface area contributed by atoms with E-state index >= 15 is 0 Å². The zero-order chi connectivity index (χ0) is 31.2. The van der Waals surface area contributed by atoms with E-state index in [0.29, 0.717) is 22.4 Å². The monoisotopic (exact) mass is 668 g/mol. The number of hydrogen-bond acceptors (Lipinski definition) is 4. The third-order valence-corrected chi connectivity index (χ3v) is 11.5. The van der Waals surface area contributed by atoms with Gasteiger partial charge in [0.05, 0.1) is 0 Å². The van der Waals surface area contributed by atoms with Crippen LogP contribution < -0.4 is 9.78 Å². The summed E-state index contributed by atoms with van der Waals surface area (Å²) in [5, 5.41) is 8.69. The van der Waals surface area contributed by atoms with Gasteiger partial charge in [0.15, 0.2) is 0 Å². The van der Waals surface area contributed by atoms with Gasteiger partial charge in [-0.15, -0.1) is 0 Å². The Morgan fingerprint density at radius 2 is 1.00 bits per heavy atom. The summed E-state index contributed by atoms with van der Waals surface area (Å²) in [7, 11) is 0. The molecule has 8 aromatic rings. The number of rotatable bonds is 5. The van der Waals surface area contributed by atoms with Gasteiger partial charge in [0.1, 0.15) is 0 Å². The van der Waals surface area contributed by atoms with Crippen LogP contribution in [0.15, 0.2) is 158 Å². The van der Waals surface area contributed by atoms with E-state index in [9.17, 15) is 0 Å². The molecule has 47 heavy (non-hydrogen) atoms. The van der Waals surface area contributed by atoms with Crippen LogP contribution in [0.1, 0.15) is 10.5 Å². The third kappa shape index (κ3) is 5.16. The molecule has 0 saturated heterocycles. The normalized spacial score (nSPS) is 13.8. The van der Waals surface area contributed by atoms with Crippen LogP contribution in [0.25, 0.3) is 66.8 Å². The molecule has 1 atom stereocenters. The number of anilines is 1. The van der Waals surface area contributed by atoms with Crippen LogP contribution in [0.2, 0.25) is 0 Å². The maximum atomic E-state index is 5.13. The van der Waals surface area contributed by atoms with Crippen molar-refractivity contribution in [1.82, 2.24) is 15.0 Å². The standard InChI is InChI=1S/C42H28N4Se/c1-4-12-28(13-5-1)39-44-40(29-14-6-2-7-15-29)46-41(45-39)36-25-32-19-11-10-18-31(32)24-34(36)33-21-20-27-22-23-37-38(35(27)26-33)47-42(43-37)30-16-8-3-9-17-30/h1-26,42-43H. The van der Waals surface area contributed by atoms with E-state index in [-0.39, 0.29) is 15.0 Å². The molecule has 0 radical (unpaired) electrons. The van der Waals surface area contributed by atoms with Crippen molar-refractivity contribution in [2.24, 2.45) is 0 Å². The molecule has 0 saturated carbocycles. The van der Waals surface area contributed by atoms with Crippen molar-refractivity contribution in [3.8, 4) is 45.3 Å². The van der Waals surface area contributed by atoms with E-state index in [0.717, 1.165) is 33.2 Å². The van der Waals surface area contributed by atoms with Gasteiger partial charge < -0.3 is 0 Å². The quantitative estimate of drug-likeness (QED) is 0.186. The molecule has 0 fully saturated rings. The molecule has 1 aliphatic heterocycles. The molecule has 1 N–H and O–H groups in total. The van der Waals surface area contributed by atoms with Gasteiger partial charge in [-0.1, -0.05) is 12.1 Å². The van der Waals surface area contributed by atoms with Crippen molar-refractivity contribution in [1.29, 1.82) is 0 Å². The Labute approximate surface area is 279 Å². The molecule has 4 nitrogen and oxygen atoms in total. The van der Waals surface area contributed by atoms with E-state index in [1.165, 1.54) is 31.9 Å². The molecule has 7 aromatic carbocycles. The van der Waals surface area contributed by atoms with Crippen LogP contribution in [-0.4, -0.2) is 29.9 Å². The molecule has 0 bridgehead atoms. The summed E-state index contributed by atoms with van der Waals surface area (Å²) >= 11 is 0.240. The molecular formula is C42H28N4Se. The fraction of sp³-hybridized carbons (Fsp3) is 0.0238. The topological polar surface area (TPSA) is 50.7 Å². The molecule has 1 aromatic heterocycles. The van der Waals surface area contributed by atoms with E-state index in [1.807, 2.05) is 36.4 Å². The SMILES string of the molecule is c1ccc(-c2nc(-c3ccccc3)nc(-c3cc4ccccc4cc3-c3ccc4ccc5c(c4c3)[Se]C(c3ccccc3)N5)n2)cc1. The number of hydrogen-bond donors (Lipinski definition) is 1. The third-order valence-electron chi connectivity index (χ3n) is 8.73. The minimum atomic E-state index is 0.240. The average molecular weight is 668 g/mol. The van der Waals surface area contributed by atoms with Gasteiger partial charge in [0.25, 0.3) is 0 Å². The Balaban J connectivity index is 1.24. The second-order valence-corrected chi connectivity index (χ2v) is 14.1. The first kappa shape index (κ1) is 27.7. The van der Waals surface area contributed by atoms with Gasteiger partial charge in [-0.3, -0.25) is 0 Å². The summed E-state index contributed by atoms with van der Waals surface area (Å²) in [6.45, 7) is 0.